The molecule has 1 aromatic heterocycles. The Kier molecular flexibility index (Phi) is 5.38. The second kappa shape index (κ2) is 7.40. The van der Waals surface area contributed by atoms with Crippen LogP contribution in [0.4, 0.5) is 0 Å². The molecule has 0 aliphatic carbocycles. The molecule has 1 aliphatic heterocycles. The highest BCUT2D eigenvalue weighted by atomic mass is 32.2. The molecule has 0 saturated carbocycles. The number of thioether (sulfide) groups is 1. The van der Waals surface area contributed by atoms with Gasteiger partial charge in [0.25, 0.3) is 5.22 Å². The molecule has 0 spiro atoms. The Labute approximate surface area is 156 Å². The number of hydrogen-bond donors (Lipinski definition) is 1. The van der Waals surface area contributed by atoms with Crippen LogP contribution in [0.2, 0.25) is 0 Å². The van der Waals surface area contributed by atoms with Crippen molar-refractivity contribution < 1.29 is 17.6 Å². The number of rotatable bonds is 5. The highest BCUT2D eigenvalue weighted by Crippen LogP contribution is 2.27. The van der Waals surface area contributed by atoms with E-state index in [1.165, 1.54) is 0 Å². The monoisotopic (exact) mass is 395 g/mol. The average molecular weight is 396 g/mol. The topological polar surface area (TPSA) is 102 Å². The molecule has 0 bridgehead atoms. The van der Waals surface area contributed by atoms with Gasteiger partial charge < -0.3 is 9.73 Å². The van der Waals surface area contributed by atoms with Gasteiger partial charge in [0.2, 0.25) is 11.8 Å². The van der Waals surface area contributed by atoms with Gasteiger partial charge in [0.05, 0.1) is 16.8 Å². The molecule has 1 aromatic carbocycles. The quantitative estimate of drug-likeness (QED) is 0.774. The fraction of sp³-hybridized carbons (Fsp3) is 0.471. The van der Waals surface area contributed by atoms with E-state index in [0.717, 1.165) is 28.5 Å². The van der Waals surface area contributed by atoms with E-state index in [4.69, 9.17) is 4.42 Å². The van der Waals surface area contributed by atoms with E-state index in [9.17, 15) is 13.2 Å². The van der Waals surface area contributed by atoms with Crippen LogP contribution in [-0.2, 0) is 14.6 Å². The molecule has 1 saturated heterocycles. The van der Waals surface area contributed by atoms with Crippen LogP contribution in [0.3, 0.4) is 0 Å². The van der Waals surface area contributed by atoms with E-state index in [1.54, 1.807) is 6.92 Å². The van der Waals surface area contributed by atoms with Crippen molar-refractivity contribution in [2.75, 3.05) is 11.5 Å². The summed E-state index contributed by atoms with van der Waals surface area (Å²) in [6, 6.07) is 5.67. The maximum absolute atomic E-state index is 12.3. The molecule has 26 heavy (non-hydrogen) atoms. The summed E-state index contributed by atoms with van der Waals surface area (Å²) in [6.07, 6.45) is 0.461. The summed E-state index contributed by atoms with van der Waals surface area (Å²) < 4.78 is 28.6. The van der Waals surface area contributed by atoms with Crippen molar-refractivity contribution in [3.63, 3.8) is 0 Å². The van der Waals surface area contributed by atoms with Gasteiger partial charge in [-0.25, -0.2) is 8.42 Å². The van der Waals surface area contributed by atoms with Crippen LogP contribution in [0.1, 0.15) is 24.5 Å². The minimum atomic E-state index is -3.02. The highest BCUT2D eigenvalue weighted by molar-refractivity contribution is 8.00. The van der Waals surface area contributed by atoms with Crippen LogP contribution in [0.5, 0.6) is 0 Å². The summed E-state index contributed by atoms with van der Waals surface area (Å²) in [4.78, 5) is 12.3. The van der Waals surface area contributed by atoms with E-state index >= 15 is 0 Å². The Morgan fingerprint density at radius 2 is 1.96 bits per heavy atom. The van der Waals surface area contributed by atoms with Crippen molar-refractivity contribution in [1.29, 1.82) is 0 Å². The summed E-state index contributed by atoms with van der Waals surface area (Å²) in [5.74, 6) is 0.313. The van der Waals surface area contributed by atoms with Gasteiger partial charge in [-0.15, -0.1) is 10.2 Å². The zero-order valence-electron chi connectivity index (χ0n) is 14.9. The Bertz CT molecular complexity index is 904. The normalized spacial score (nSPS) is 20.0. The molecule has 7 nitrogen and oxygen atoms in total. The van der Waals surface area contributed by atoms with Gasteiger partial charge in [0.15, 0.2) is 9.84 Å². The highest BCUT2D eigenvalue weighted by Gasteiger charge is 2.30. The fourth-order valence-corrected chi connectivity index (χ4v) is 5.27. The number of sulfone groups is 1. The minimum Gasteiger partial charge on any atom is -0.411 e. The smallest absolute Gasteiger partial charge is 0.277 e. The van der Waals surface area contributed by atoms with Gasteiger partial charge in [-0.3, -0.25) is 4.79 Å². The first-order valence-corrected chi connectivity index (χ1v) is 11.0. The maximum atomic E-state index is 12.3. The lowest BCUT2D eigenvalue weighted by molar-refractivity contribution is -0.120. The van der Waals surface area contributed by atoms with Gasteiger partial charge in [0.1, 0.15) is 0 Å². The molecule has 1 amide bonds. The lowest BCUT2D eigenvalue weighted by Crippen LogP contribution is -2.39. The molecule has 140 valence electrons. The predicted molar refractivity (Wildman–Crippen MR) is 99.7 cm³/mol. The third-order valence-electron chi connectivity index (χ3n) is 4.10. The molecular weight excluding hydrogens is 374 g/mol. The molecule has 2 heterocycles. The number of amides is 1. The lowest BCUT2D eigenvalue weighted by Gasteiger charge is -2.14. The summed E-state index contributed by atoms with van der Waals surface area (Å²) >= 11 is 1.16. The molecule has 0 radical (unpaired) electrons. The van der Waals surface area contributed by atoms with E-state index in [1.807, 2.05) is 26.0 Å². The molecule has 2 aromatic rings. The van der Waals surface area contributed by atoms with Gasteiger partial charge in [0, 0.05) is 11.6 Å². The van der Waals surface area contributed by atoms with Crippen LogP contribution in [0.15, 0.2) is 27.8 Å². The van der Waals surface area contributed by atoms with Crippen LogP contribution >= 0.6 is 11.8 Å². The van der Waals surface area contributed by atoms with E-state index in [2.05, 4.69) is 21.6 Å². The van der Waals surface area contributed by atoms with Crippen molar-refractivity contribution in [3.05, 3.63) is 29.3 Å². The molecule has 2 atom stereocenters. The molecule has 1 aliphatic rings. The number of benzene rings is 1. The van der Waals surface area contributed by atoms with E-state index < -0.39 is 15.1 Å². The van der Waals surface area contributed by atoms with E-state index in [-0.39, 0.29) is 23.5 Å². The standard InChI is InChI=1S/C17H21N3O4S2/c1-10-6-11(2)8-13(7-10)16-19-20-17(24-16)25-12(3)15(21)18-14-4-5-26(22,23)9-14/h6-8,12,14H,4-5,9H2,1-3H3,(H,18,21)/t12-,14-/m0/s1. The van der Waals surface area contributed by atoms with Crippen LogP contribution < -0.4 is 5.32 Å². The number of nitrogens with one attached hydrogen (secondary N) is 1. The van der Waals surface area contributed by atoms with Crippen molar-refractivity contribution in [2.45, 2.75) is 43.7 Å². The summed E-state index contributed by atoms with van der Waals surface area (Å²) in [6.45, 7) is 5.72. The maximum Gasteiger partial charge on any atom is 0.277 e. The van der Waals surface area contributed by atoms with Crippen LogP contribution in [0.25, 0.3) is 11.5 Å². The SMILES string of the molecule is Cc1cc(C)cc(-c2nnc(S[C@@H](C)C(=O)N[C@H]3CCS(=O)(=O)C3)o2)c1. The largest absolute Gasteiger partial charge is 0.411 e. The zero-order chi connectivity index (χ0) is 18.9. The number of hydrogen-bond acceptors (Lipinski definition) is 7. The third-order valence-corrected chi connectivity index (χ3v) is 6.80. The van der Waals surface area contributed by atoms with Crippen molar-refractivity contribution in [2.24, 2.45) is 0 Å². The predicted octanol–water partition coefficient (Wildman–Crippen LogP) is 2.14. The minimum absolute atomic E-state index is 0.00748. The number of carbonyl (C=O) groups is 1. The second-order valence-electron chi connectivity index (χ2n) is 6.62. The van der Waals surface area contributed by atoms with Gasteiger partial charge in [-0.1, -0.05) is 29.0 Å². The zero-order valence-corrected chi connectivity index (χ0v) is 16.5. The average Bonchev–Trinajstić information content (AvgIpc) is 3.12. The number of nitrogens with zero attached hydrogens (tertiary/aromatic N) is 2. The lowest BCUT2D eigenvalue weighted by atomic mass is 10.1. The molecule has 0 unspecified atom stereocenters. The molecule has 9 heteroatoms. The number of carbonyl (C=O) groups excluding carboxylic acids is 1. The van der Waals surface area contributed by atoms with Gasteiger partial charge in [-0.2, -0.15) is 0 Å². The molecule has 3 rings (SSSR count). The number of aromatic nitrogens is 2. The Hall–Kier alpha value is -1.87. The summed E-state index contributed by atoms with van der Waals surface area (Å²) in [7, 11) is -3.02. The first-order chi connectivity index (χ1) is 12.2. The van der Waals surface area contributed by atoms with Crippen molar-refractivity contribution in [3.8, 4) is 11.5 Å². The molecule has 1 fully saturated rings. The third kappa shape index (κ3) is 4.64. The van der Waals surface area contributed by atoms with Crippen molar-refractivity contribution >= 4 is 27.5 Å². The first-order valence-electron chi connectivity index (χ1n) is 8.31. The summed E-state index contributed by atoms with van der Waals surface area (Å²) in [5.41, 5.74) is 3.05. The van der Waals surface area contributed by atoms with E-state index in [0.29, 0.717) is 17.5 Å². The Morgan fingerprint density at radius 3 is 2.58 bits per heavy atom. The Balaban J connectivity index is 1.62. The van der Waals surface area contributed by atoms with Crippen molar-refractivity contribution in [1.82, 2.24) is 15.5 Å². The first kappa shape index (κ1) is 18.9. The van der Waals surface area contributed by atoms with Crippen LogP contribution in [0, 0.1) is 13.8 Å². The fourth-order valence-electron chi connectivity index (χ4n) is 2.90. The molecular formula is C17H21N3O4S2. The second-order valence-corrected chi connectivity index (χ2v) is 10.1. The Morgan fingerprint density at radius 1 is 1.27 bits per heavy atom. The van der Waals surface area contributed by atoms with Crippen LogP contribution in [-0.4, -0.2) is 47.3 Å². The van der Waals surface area contributed by atoms with Gasteiger partial charge in [-0.05, 0) is 39.3 Å². The van der Waals surface area contributed by atoms with Gasteiger partial charge >= 0.3 is 0 Å². The molecule has 1 N–H and O–H groups in total. The number of aryl methyl sites for hydroxylation is 2. The summed E-state index contributed by atoms with van der Waals surface area (Å²) in [5, 5.41) is 10.7.